The summed E-state index contributed by atoms with van der Waals surface area (Å²) in [4.78, 5) is 13.3. The van der Waals surface area contributed by atoms with Gasteiger partial charge in [-0.2, -0.15) is 0 Å². The van der Waals surface area contributed by atoms with Crippen molar-refractivity contribution in [2.75, 3.05) is 0 Å². The first-order valence-corrected chi connectivity index (χ1v) is 7.97. The zero-order valence-electron chi connectivity index (χ0n) is 12.4. The molecular weight excluding hydrogens is 244 g/mol. The van der Waals surface area contributed by atoms with E-state index in [4.69, 9.17) is 0 Å². The van der Waals surface area contributed by atoms with Crippen LogP contribution < -0.4 is 0 Å². The molecule has 3 atom stereocenters. The third kappa shape index (κ3) is 1.47. The molecule has 1 saturated carbocycles. The first kappa shape index (κ1) is 12.4. The number of Topliss-reactive ketones (excluding diaryl/α,β-unsaturated/α-hetero) is 1. The molecule has 3 aliphatic carbocycles. The minimum Gasteiger partial charge on any atom is -0.294 e. The fraction of sp³-hybridized carbons (Fsp3) is 0.526. The van der Waals surface area contributed by atoms with Crippen LogP contribution in [0, 0.1) is 17.3 Å². The van der Waals surface area contributed by atoms with E-state index in [-0.39, 0.29) is 5.41 Å². The lowest BCUT2D eigenvalue weighted by molar-refractivity contribution is 0.0700. The van der Waals surface area contributed by atoms with Gasteiger partial charge < -0.3 is 0 Å². The van der Waals surface area contributed by atoms with E-state index in [0.29, 0.717) is 23.5 Å². The third-order valence-corrected chi connectivity index (χ3v) is 5.83. The Kier molecular flexibility index (Phi) is 2.52. The highest BCUT2D eigenvalue weighted by atomic mass is 16.1. The van der Waals surface area contributed by atoms with Crippen LogP contribution in [0.3, 0.4) is 0 Å². The number of carbonyl (C=O) groups is 1. The summed E-state index contributed by atoms with van der Waals surface area (Å²) in [5, 5.41) is 0. The molecule has 3 unspecified atom stereocenters. The van der Waals surface area contributed by atoms with Gasteiger partial charge in [-0.25, -0.2) is 0 Å². The fourth-order valence-electron chi connectivity index (χ4n) is 4.81. The van der Waals surface area contributed by atoms with Crippen LogP contribution in [0.4, 0.5) is 0 Å². The topological polar surface area (TPSA) is 17.1 Å². The van der Waals surface area contributed by atoms with Crippen LogP contribution in [0.1, 0.15) is 60.5 Å². The highest BCUT2D eigenvalue weighted by molar-refractivity contribution is 6.05. The third-order valence-electron chi connectivity index (χ3n) is 5.83. The Morgan fingerprint density at radius 3 is 2.75 bits per heavy atom. The second kappa shape index (κ2) is 4.07. The smallest absolute Gasteiger partial charge is 0.170 e. The molecule has 104 valence electrons. The van der Waals surface area contributed by atoms with Gasteiger partial charge in [-0.05, 0) is 54.6 Å². The van der Waals surface area contributed by atoms with Crippen molar-refractivity contribution in [3.63, 3.8) is 0 Å². The highest BCUT2D eigenvalue weighted by Crippen LogP contribution is 2.58. The molecule has 0 radical (unpaired) electrons. The van der Waals surface area contributed by atoms with E-state index in [1.165, 1.54) is 17.5 Å². The molecular formula is C19H22O. The number of carbonyl (C=O) groups excluding carboxylic acids is 1. The monoisotopic (exact) mass is 266 g/mol. The predicted octanol–water partition coefficient (Wildman–Crippen LogP) is 4.52. The summed E-state index contributed by atoms with van der Waals surface area (Å²) in [5.41, 5.74) is 3.57. The Labute approximate surface area is 121 Å². The second-order valence-electron chi connectivity index (χ2n) is 7.21. The molecule has 3 aliphatic rings. The molecule has 2 bridgehead atoms. The number of hydrogen-bond donors (Lipinski definition) is 0. The number of aryl methyl sites for hydroxylation is 1. The maximum atomic E-state index is 13.3. The molecule has 20 heavy (non-hydrogen) atoms. The molecule has 1 fully saturated rings. The summed E-state index contributed by atoms with van der Waals surface area (Å²) in [6, 6.07) is 6.44. The van der Waals surface area contributed by atoms with Crippen LogP contribution in [0.15, 0.2) is 30.4 Å². The van der Waals surface area contributed by atoms with Gasteiger partial charge >= 0.3 is 0 Å². The van der Waals surface area contributed by atoms with Gasteiger partial charge in [-0.15, -0.1) is 0 Å². The van der Waals surface area contributed by atoms with Crippen molar-refractivity contribution in [3.8, 4) is 0 Å². The zero-order valence-corrected chi connectivity index (χ0v) is 12.4. The summed E-state index contributed by atoms with van der Waals surface area (Å²) >= 11 is 0. The first-order chi connectivity index (χ1) is 9.62. The molecule has 1 aromatic rings. The van der Waals surface area contributed by atoms with Crippen LogP contribution in [0.25, 0.3) is 0 Å². The van der Waals surface area contributed by atoms with E-state index in [2.05, 4.69) is 44.2 Å². The summed E-state index contributed by atoms with van der Waals surface area (Å²) in [7, 11) is 0. The Morgan fingerprint density at radius 1 is 1.25 bits per heavy atom. The van der Waals surface area contributed by atoms with Crippen molar-refractivity contribution in [1.82, 2.24) is 0 Å². The Morgan fingerprint density at radius 2 is 2.10 bits per heavy atom. The van der Waals surface area contributed by atoms with Crippen molar-refractivity contribution in [2.45, 2.75) is 45.4 Å². The minimum absolute atomic E-state index is 0.0581. The molecule has 0 aromatic heterocycles. The van der Waals surface area contributed by atoms with Crippen LogP contribution >= 0.6 is 0 Å². The molecule has 0 saturated heterocycles. The van der Waals surface area contributed by atoms with E-state index in [1.54, 1.807) is 0 Å². The predicted molar refractivity (Wildman–Crippen MR) is 81.0 cm³/mol. The van der Waals surface area contributed by atoms with Crippen molar-refractivity contribution >= 4 is 5.78 Å². The SMILES string of the molecule is CC(C)c1cccc2c1C(=O)C1(CC2)CC2C=CC1C2. The van der Waals surface area contributed by atoms with Gasteiger partial charge in [0.1, 0.15) is 0 Å². The van der Waals surface area contributed by atoms with Crippen molar-refractivity contribution < 1.29 is 4.79 Å². The fourth-order valence-corrected chi connectivity index (χ4v) is 4.81. The van der Waals surface area contributed by atoms with E-state index < -0.39 is 0 Å². The molecule has 1 aromatic carbocycles. The van der Waals surface area contributed by atoms with E-state index in [0.717, 1.165) is 24.8 Å². The number of hydrogen-bond acceptors (Lipinski definition) is 1. The largest absolute Gasteiger partial charge is 0.294 e. The normalized spacial score (nSPS) is 34.2. The molecule has 1 heteroatoms. The quantitative estimate of drug-likeness (QED) is 0.683. The van der Waals surface area contributed by atoms with Gasteiger partial charge in [0.25, 0.3) is 0 Å². The van der Waals surface area contributed by atoms with Crippen LogP contribution in [0.2, 0.25) is 0 Å². The average Bonchev–Trinajstić information content (AvgIpc) is 3.04. The van der Waals surface area contributed by atoms with Gasteiger partial charge in [-0.1, -0.05) is 44.2 Å². The lowest BCUT2D eigenvalue weighted by Gasteiger charge is -2.39. The van der Waals surface area contributed by atoms with Crippen molar-refractivity contribution in [3.05, 3.63) is 47.0 Å². The lowest BCUT2D eigenvalue weighted by Crippen LogP contribution is -2.40. The minimum atomic E-state index is -0.0581. The summed E-state index contributed by atoms with van der Waals surface area (Å²) in [6.07, 6.45) is 9.12. The summed E-state index contributed by atoms with van der Waals surface area (Å²) in [5.74, 6) is 2.06. The molecule has 1 nitrogen and oxygen atoms in total. The maximum absolute atomic E-state index is 13.3. The van der Waals surface area contributed by atoms with Gasteiger partial charge in [0.2, 0.25) is 0 Å². The molecule has 0 N–H and O–H groups in total. The summed E-state index contributed by atoms with van der Waals surface area (Å²) in [6.45, 7) is 4.40. The average molecular weight is 266 g/mol. The number of benzene rings is 1. The molecule has 1 spiro atoms. The standard InChI is InChI=1S/C19H22O/c1-12(2)16-5-3-4-14-8-9-19(18(20)17(14)16)11-13-6-7-15(19)10-13/h3-7,12-13,15H,8-11H2,1-2H3. The van der Waals surface area contributed by atoms with Gasteiger partial charge in [-0.3, -0.25) is 4.79 Å². The van der Waals surface area contributed by atoms with E-state index >= 15 is 0 Å². The zero-order chi connectivity index (χ0) is 13.9. The van der Waals surface area contributed by atoms with Crippen LogP contribution in [-0.4, -0.2) is 5.78 Å². The highest BCUT2D eigenvalue weighted by Gasteiger charge is 2.54. The van der Waals surface area contributed by atoms with Crippen LogP contribution in [0.5, 0.6) is 0 Å². The van der Waals surface area contributed by atoms with Crippen molar-refractivity contribution in [2.24, 2.45) is 17.3 Å². The van der Waals surface area contributed by atoms with Gasteiger partial charge in [0, 0.05) is 11.0 Å². The molecule has 0 heterocycles. The molecule has 4 rings (SSSR count). The number of ketones is 1. The van der Waals surface area contributed by atoms with E-state index in [1.807, 2.05) is 0 Å². The maximum Gasteiger partial charge on any atom is 0.170 e. The molecule has 0 amide bonds. The van der Waals surface area contributed by atoms with Crippen molar-refractivity contribution in [1.29, 1.82) is 0 Å². The number of allylic oxidation sites excluding steroid dienone is 2. The number of rotatable bonds is 1. The van der Waals surface area contributed by atoms with Gasteiger partial charge in [0.15, 0.2) is 5.78 Å². The van der Waals surface area contributed by atoms with Crippen LogP contribution in [-0.2, 0) is 6.42 Å². The Hall–Kier alpha value is -1.37. The Balaban J connectivity index is 1.85. The Bertz CT molecular complexity index is 610. The summed E-state index contributed by atoms with van der Waals surface area (Å²) < 4.78 is 0. The first-order valence-electron chi connectivity index (χ1n) is 7.97. The van der Waals surface area contributed by atoms with E-state index in [9.17, 15) is 4.79 Å². The lowest BCUT2D eigenvalue weighted by atomic mass is 9.62. The second-order valence-corrected chi connectivity index (χ2v) is 7.21. The number of fused-ring (bicyclic) bond motifs is 4. The van der Waals surface area contributed by atoms with Gasteiger partial charge in [0.05, 0.1) is 0 Å². The molecule has 0 aliphatic heterocycles.